The van der Waals surface area contributed by atoms with Crippen LogP contribution in [0.3, 0.4) is 0 Å². The number of hydrogen-bond acceptors (Lipinski definition) is 4. The molecule has 0 aliphatic heterocycles. The van der Waals surface area contributed by atoms with Gasteiger partial charge in [0, 0.05) is 5.69 Å². The number of primary amides is 1. The number of H-pyrrole nitrogens is 1. The smallest absolute Gasteiger partial charge is 0.323 e. The molecule has 1 aromatic heterocycles. The minimum atomic E-state index is -1.23. The quantitative estimate of drug-likeness (QED) is 0.590. The summed E-state index contributed by atoms with van der Waals surface area (Å²) in [7, 11) is 0. The lowest BCUT2D eigenvalue weighted by Gasteiger charge is -2.17. The zero-order valence-corrected chi connectivity index (χ0v) is 9.14. The van der Waals surface area contributed by atoms with Gasteiger partial charge in [0.15, 0.2) is 0 Å². The van der Waals surface area contributed by atoms with Crippen LogP contribution < -0.4 is 5.73 Å². The standard InChI is InChI=1S/C9H12N4O4/c1-5-2-6(12-11-5)9(17)13(3-7(10)14)4-8(15)16/h2H,3-4H2,1H3,(H2,10,14)(H,11,12)(H,15,16). The van der Waals surface area contributed by atoms with Crippen molar-refractivity contribution in [3.63, 3.8) is 0 Å². The molecule has 17 heavy (non-hydrogen) atoms. The molecule has 0 saturated carbocycles. The average Bonchev–Trinajstić information content (AvgIpc) is 2.61. The van der Waals surface area contributed by atoms with Crippen LogP contribution in [0.2, 0.25) is 0 Å². The van der Waals surface area contributed by atoms with Crippen LogP contribution in [-0.2, 0) is 9.59 Å². The second-order valence-electron chi connectivity index (χ2n) is 3.46. The summed E-state index contributed by atoms with van der Waals surface area (Å²) < 4.78 is 0. The molecule has 0 saturated heterocycles. The van der Waals surface area contributed by atoms with Crippen LogP contribution in [0.4, 0.5) is 0 Å². The molecule has 1 rings (SSSR count). The van der Waals surface area contributed by atoms with Crippen molar-refractivity contribution in [1.82, 2.24) is 15.1 Å². The van der Waals surface area contributed by atoms with Gasteiger partial charge in [-0.05, 0) is 13.0 Å². The van der Waals surface area contributed by atoms with Crippen molar-refractivity contribution in [2.75, 3.05) is 13.1 Å². The highest BCUT2D eigenvalue weighted by atomic mass is 16.4. The Morgan fingerprint density at radius 2 is 2.12 bits per heavy atom. The Bertz CT molecular complexity index is 438. The lowest BCUT2D eigenvalue weighted by Crippen LogP contribution is -2.41. The van der Waals surface area contributed by atoms with Gasteiger partial charge in [-0.25, -0.2) is 0 Å². The highest BCUT2D eigenvalue weighted by molar-refractivity contribution is 5.96. The molecule has 1 aromatic rings. The number of aryl methyl sites for hydroxylation is 1. The third-order valence-corrected chi connectivity index (χ3v) is 1.89. The first-order valence-corrected chi connectivity index (χ1v) is 4.71. The number of carbonyl (C=O) groups is 3. The second kappa shape index (κ2) is 5.10. The summed E-state index contributed by atoms with van der Waals surface area (Å²) in [6.45, 7) is 0.629. The largest absolute Gasteiger partial charge is 0.480 e. The summed E-state index contributed by atoms with van der Waals surface area (Å²) in [5.41, 5.74) is 5.64. The van der Waals surface area contributed by atoms with Crippen molar-refractivity contribution in [1.29, 1.82) is 0 Å². The Kier molecular flexibility index (Phi) is 3.81. The molecule has 0 bridgehead atoms. The van der Waals surface area contributed by atoms with Crippen LogP contribution >= 0.6 is 0 Å². The molecule has 8 heteroatoms. The lowest BCUT2D eigenvalue weighted by molar-refractivity contribution is -0.138. The summed E-state index contributed by atoms with van der Waals surface area (Å²) in [5.74, 6) is -2.67. The Labute approximate surface area is 96.4 Å². The molecule has 0 unspecified atom stereocenters. The van der Waals surface area contributed by atoms with E-state index in [1.807, 2.05) is 0 Å². The van der Waals surface area contributed by atoms with Gasteiger partial charge >= 0.3 is 5.97 Å². The Morgan fingerprint density at radius 1 is 1.47 bits per heavy atom. The molecule has 4 N–H and O–H groups in total. The van der Waals surface area contributed by atoms with Crippen molar-refractivity contribution in [2.24, 2.45) is 5.73 Å². The molecule has 1 heterocycles. The molecule has 0 aliphatic rings. The van der Waals surface area contributed by atoms with Crippen LogP contribution in [0.5, 0.6) is 0 Å². The van der Waals surface area contributed by atoms with Gasteiger partial charge in [0.05, 0.1) is 0 Å². The van der Waals surface area contributed by atoms with E-state index in [-0.39, 0.29) is 5.69 Å². The van der Waals surface area contributed by atoms with Crippen molar-refractivity contribution >= 4 is 17.8 Å². The number of nitrogens with zero attached hydrogens (tertiary/aromatic N) is 2. The van der Waals surface area contributed by atoms with Gasteiger partial charge in [-0.2, -0.15) is 5.10 Å². The van der Waals surface area contributed by atoms with Crippen molar-refractivity contribution in [3.05, 3.63) is 17.5 Å². The van der Waals surface area contributed by atoms with E-state index < -0.39 is 30.9 Å². The van der Waals surface area contributed by atoms with E-state index in [2.05, 4.69) is 10.2 Å². The minimum Gasteiger partial charge on any atom is -0.480 e. The van der Waals surface area contributed by atoms with E-state index in [9.17, 15) is 14.4 Å². The number of nitrogens with two attached hydrogens (primary N) is 1. The number of nitrogens with one attached hydrogen (secondary N) is 1. The average molecular weight is 240 g/mol. The first-order chi connectivity index (χ1) is 7.90. The summed E-state index contributed by atoms with van der Waals surface area (Å²) in [4.78, 5) is 33.9. The van der Waals surface area contributed by atoms with Gasteiger partial charge < -0.3 is 15.7 Å². The number of hydrogen-bond donors (Lipinski definition) is 3. The second-order valence-corrected chi connectivity index (χ2v) is 3.46. The Balaban J connectivity index is 2.85. The summed E-state index contributed by atoms with van der Waals surface area (Å²) in [5, 5.41) is 14.9. The van der Waals surface area contributed by atoms with Gasteiger partial charge in [-0.1, -0.05) is 0 Å². The van der Waals surface area contributed by atoms with Gasteiger partial charge in [-0.3, -0.25) is 19.5 Å². The third kappa shape index (κ3) is 3.59. The number of amides is 2. The molecule has 0 spiro atoms. The summed E-state index contributed by atoms with van der Waals surface area (Å²) >= 11 is 0. The van der Waals surface area contributed by atoms with Crippen molar-refractivity contribution in [2.45, 2.75) is 6.92 Å². The van der Waals surface area contributed by atoms with Crippen LogP contribution in [0.25, 0.3) is 0 Å². The maximum atomic E-state index is 11.8. The number of aromatic nitrogens is 2. The van der Waals surface area contributed by atoms with Crippen molar-refractivity contribution < 1.29 is 19.5 Å². The molecule has 0 aromatic carbocycles. The van der Waals surface area contributed by atoms with Crippen LogP contribution in [0, 0.1) is 6.92 Å². The SMILES string of the molecule is Cc1cc(C(=O)N(CC(N)=O)CC(=O)O)n[nH]1. The molecule has 2 amide bonds. The lowest BCUT2D eigenvalue weighted by atomic mass is 10.3. The zero-order chi connectivity index (χ0) is 13.0. The fourth-order valence-electron chi connectivity index (χ4n) is 1.24. The summed E-state index contributed by atoms with van der Waals surface area (Å²) in [6.07, 6.45) is 0. The highest BCUT2D eigenvalue weighted by Gasteiger charge is 2.22. The fraction of sp³-hybridized carbons (Fsp3) is 0.333. The maximum Gasteiger partial charge on any atom is 0.323 e. The van der Waals surface area contributed by atoms with Gasteiger partial charge in [0.25, 0.3) is 5.91 Å². The van der Waals surface area contributed by atoms with Crippen LogP contribution in [0.15, 0.2) is 6.07 Å². The predicted octanol–water partition coefficient (Wildman–Crippen LogP) is -1.27. The fourth-order valence-corrected chi connectivity index (χ4v) is 1.24. The normalized spacial score (nSPS) is 9.94. The zero-order valence-electron chi connectivity index (χ0n) is 9.14. The predicted molar refractivity (Wildman–Crippen MR) is 56.1 cm³/mol. The first-order valence-electron chi connectivity index (χ1n) is 4.71. The first kappa shape index (κ1) is 12.7. The third-order valence-electron chi connectivity index (χ3n) is 1.89. The number of carbonyl (C=O) groups excluding carboxylic acids is 2. The molecular formula is C9H12N4O4. The van der Waals surface area contributed by atoms with Gasteiger partial charge in [0.2, 0.25) is 5.91 Å². The van der Waals surface area contributed by atoms with E-state index in [0.29, 0.717) is 5.69 Å². The Hall–Kier alpha value is -2.38. The molecular weight excluding hydrogens is 228 g/mol. The highest BCUT2D eigenvalue weighted by Crippen LogP contribution is 2.03. The monoisotopic (exact) mass is 240 g/mol. The summed E-state index contributed by atoms with van der Waals surface area (Å²) in [6, 6.07) is 1.46. The van der Waals surface area contributed by atoms with Crippen LogP contribution in [0.1, 0.15) is 16.2 Å². The van der Waals surface area contributed by atoms with Gasteiger partial charge in [0.1, 0.15) is 18.8 Å². The Morgan fingerprint density at radius 3 is 2.53 bits per heavy atom. The number of rotatable bonds is 5. The molecule has 0 aliphatic carbocycles. The van der Waals surface area contributed by atoms with E-state index in [0.717, 1.165) is 4.90 Å². The molecule has 0 atom stereocenters. The van der Waals surface area contributed by atoms with E-state index in [4.69, 9.17) is 10.8 Å². The molecule has 92 valence electrons. The number of carboxylic acid groups (broad SMARTS) is 1. The maximum absolute atomic E-state index is 11.8. The molecule has 0 fully saturated rings. The van der Waals surface area contributed by atoms with E-state index in [1.54, 1.807) is 6.92 Å². The number of aliphatic carboxylic acids is 1. The van der Waals surface area contributed by atoms with Crippen molar-refractivity contribution in [3.8, 4) is 0 Å². The van der Waals surface area contributed by atoms with Crippen LogP contribution in [-0.4, -0.2) is 51.1 Å². The topological polar surface area (TPSA) is 129 Å². The van der Waals surface area contributed by atoms with E-state index in [1.165, 1.54) is 6.07 Å². The number of carboxylic acids is 1. The molecule has 0 radical (unpaired) electrons. The minimum absolute atomic E-state index is 0.0463. The number of aromatic amines is 1. The van der Waals surface area contributed by atoms with Gasteiger partial charge in [-0.15, -0.1) is 0 Å². The van der Waals surface area contributed by atoms with E-state index >= 15 is 0 Å². The molecule has 8 nitrogen and oxygen atoms in total.